The molecule has 0 aliphatic carbocycles. The molecular formula is C20H22N4O2. The van der Waals surface area contributed by atoms with Gasteiger partial charge in [0.25, 0.3) is 5.91 Å². The summed E-state index contributed by atoms with van der Waals surface area (Å²) >= 11 is 0. The summed E-state index contributed by atoms with van der Waals surface area (Å²) in [6, 6.07) is 13.2. The van der Waals surface area contributed by atoms with Crippen molar-refractivity contribution in [2.45, 2.75) is 25.5 Å². The first-order chi connectivity index (χ1) is 12.7. The van der Waals surface area contributed by atoms with Crippen LogP contribution in [0.2, 0.25) is 0 Å². The minimum absolute atomic E-state index is 0.0123. The molecule has 6 nitrogen and oxygen atoms in total. The van der Waals surface area contributed by atoms with E-state index in [-0.39, 0.29) is 11.9 Å². The second kappa shape index (κ2) is 7.17. The first-order valence-electron chi connectivity index (χ1n) is 8.89. The molecule has 1 aliphatic heterocycles. The number of carbonyl (C=O) groups is 1. The van der Waals surface area contributed by atoms with E-state index in [1.165, 1.54) is 0 Å². The van der Waals surface area contributed by atoms with Crippen molar-refractivity contribution in [1.82, 2.24) is 14.3 Å². The molecule has 6 heteroatoms. The Morgan fingerprint density at radius 1 is 1.27 bits per heavy atom. The maximum absolute atomic E-state index is 12.7. The minimum Gasteiger partial charge on any atom is -0.487 e. The van der Waals surface area contributed by atoms with Gasteiger partial charge in [0.15, 0.2) is 0 Å². The lowest BCUT2D eigenvalue weighted by Gasteiger charge is -2.30. The van der Waals surface area contributed by atoms with Gasteiger partial charge in [-0.2, -0.15) is 0 Å². The number of hydrogen-bond acceptors (Lipinski definition) is 4. The number of rotatable bonds is 4. The van der Waals surface area contributed by atoms with Crippen LogP contribution in [0.3, 0.4) is 0 Å². The quantitative estimate of drug-likeness (QED) is 0.784. The number of pyridine rings is 1. The zero-order valence-electron chi connectivity index (χ0n) is 14.5. The topological polar surface area (TPSA) is 72.9 Å². The minimum atomic E-state index is 0.0123. The van der Waals surface area contributed by atoms with E-state index in [2.05, 4.69) is 4.98 Å². The van der Waals surface area contributed by atoms with Crippen LogP contribution in [0.15, 0.2) is 54.9 Å². The Bertz CT molecular complexity index is 888. The normalized spacial score (nSPS) is 17.4. The van der Waals surface area contributed by atoms with Crippen LogP contribution in [0.5, 0.6) is 5.75 Å². The molecule has 3 heterocycles. The molecule has 1 aromatic carbocycles. The summed E-state index contributed by atoms with van der Waals surface area (Å²) in [5, 5.41) is 0. The van der Waals surface area contributed by atoms with Crippen molar-refractivity contribution in [3.63, 3.8) is 0 Å². The molecule has 0 saturated carbocycles. The van der Waals surface area contributed by atoms with Gasteiger partial charge in [0.2, 0.25) is 0 Å². The highest BCUT2D eigenvalue weighted by Crippen LogP contribution is 2.18. The van der Waals surface area contributed by atoms with Crippen LogP contribution in [-0.4, -0.2) is 39.3 Å². The van der Waals surface area contributed by atoms with Gasteiger partial charge in [-0.1, -0.05) is 12.1 Å². The van der Waals surface area contributed by atoms with E-state index in [0.29, 0.717) is 24.5 Å². The largest absolute Gasteiger partial charge is 0.487 e. The summed E-state index contributed by atoms with van der Waals surface area (Å²) in [7, 11) is 0. The summed E-state index contributed by atoms with van der Waals surface area (Å²) in [5.74, 6) is 0.674. The zero-order chi connectivity index (χ0) is 17.9. The van der Waals surface area contributed by atoms with Gasteiger partial charge in [-0.05, 0) is 43.2 Å². The fraction of sp³-hybridized carbons (Fsp3) is 0.300. The smallest absolute Gasteiger partial charge is 0.254 e. The molecule has 1 aliphatic rings. The Balaban J connectivity index is 1.44. The highest BCUT2D eigenvalue weighted by molar-refractivity contribution is 5.94. The SMILES string of the molecule is NC1CCCN(C(=O)c2cccc(OCc3cn4ccccc4n3)c2)C1. The highest BCUT2D eigenvalue weighted by atomic mass is 16.5. The Morgan fingerprint density at radius 2 is 2.19 bits per heavy atom. The molecule has 1 amide bonds. The number of aromatic nitrogens is 2. The van der Waals surface area contributed by atoms with Crippen molar-refractivity contribution >= 4 is 11.6 Å². The van der Waals surface area contributed by atoms with Crippen molar-refractivity contribution < 1.29 is 9.53 Å². The lowest BCUT2D eigenvalue weighted by molar-refractivity contribution is 0.0708. The number of hydrogen-bond donors (Lipinski definition) is 1. The van der Waals surface area contributed by atoms with Crippen LogP contribution in [0.25, 0.3) is 5.65 Å². The number of nitrogens with two attached hydrogens (primary N) is 1. The van der Waals surface area contributed by atoms with Crippen LogP contribution in [0.1, 0.15) is 28.9 Å². The number of imidazole rings is 1. The third kappa shape index (κ3) is 3.55. The molecule has 134 valence electrons. The molecule has 4 rings (SSSR count). The predicted molar refractivity (Wildman–Crippen MR) is 99.1 cm³/mol. The molecular weight excluding hydrogens is 328 g/mol. The van der Waals surface area contributed by atoms with Crippen LogP contribution < -0.4 is 10.5 Å². The number of amides is 1. The van der Waals surface area contributed by atoms with Crippen molar-refractivity contribution in [1.29, 1.82) is 0 Å². The summed E-state index contributed by atoms with van der Waals surface area (Å²) in [4.78, 5) is 19.0. The number of ether oxygens (including phenoxy) is 1. The average molecular weight is 350 g/mol. The van der Waals surface area contributed by atoms with Crippen molar-refractivity contribution in [2.75, 3.05) is 13.1 Å². The van der Waals surface area contributed by atoms with Gasteiger partial charge >= 0.3 is 0 Å². The third-order valence-electron chi connectivity index (χ3n) is 4.63. The van der Waals surface area contributed by atoms with Gasteiger partial charge in [0, 0.05) is 37.1 Å². The number of fused-ring (bicyclic) bond motifs is 1. The van der Waals surface area contributed by atoms with Gasteiger partial charge in [-0.25, -0.2) is 4.98 Å². The summed E-state index contributed by atoms with van der Waals surface area (Å²) in [5.41, 5.74) is 8.35. The Morgan fingerprint density at radius 3 is 3.04 bits per heavy atom. The molecule has 26 heavy (non-hydrogen) atoms. The van der Waals surface area contributed by atoms with Crippen LogP contribution in [0.4, 0.5) is 0 Å². The number of nitrogens with zero attached hydrogens (tertiary/aromatic N) is 3. The van der Waals surface area contributed by atoms with Gasteiger partial charge < -0.3 is 19.8 Å². The monoisotopic (exact) mass is 350 g/mol. The van der Waals surface area contributed by atoms with E-state index in [9.17, 15) is 4.79 Å². The molecule has 2 N–H and O–H groups in total. The molecule has 3 aromatic rings. The number of likely N-dealkylation sites (tertiary alicyclic amines) is 1. The molecule has 1 unspecified atom stereocenters. The lowest BCUT2D eigenvalue weighted by Crippen LogP contribution is -2.45. The summed E-state index contributed by atoms with van der Waals surface area (Å²) in [6.07, 6.45) is 5.83. The Hall–Kier alpha value is -2.86. The van der Waals surface area contributed by atoms with E-state index < -0.39 is 0 Å². The van der Waals surface area contributed by atoms with Crippen LogP contribution in [-0.2, 0) is 6.61 Å². The average Bonchev–Trinajstić information content (AvgIpc) is 3.09. The highest BCUT2D eigenvalue weighted by Gasteiger charge is 2.22. The van der Waals surface area contributed by atoms with Crippen molar-refractivity contribution in [2.24, 2.45) is 5.73 Å². The fourth-order valence-electron chi connectivity index (χ4n) is 3.31. The molecule has 0 radical (unpaired) electrons. The van der Waals surface area contributed by atoms with Crippen LogP contribution in [0, 0.1) is 0 Å². The second-order valence-electron chi connectivity index (χ2n) is 6.67. The molecule has 0 bridgehead atoms. The predicted octanol–water partition coefficient (Wildman–Crippen LogP) is 2.48. The molecule has 1 fully saturated rings. The lowest BCUT2D eigenvalue weighted by atomic mass is 10.1. The van der Waals surface area contributed by atoms with Crippen LogP contribution >= 0.6 is 0 Å². The zero-order valence-corrected chi connectivity index (χ0v) is 14.5. The van der Waals surface area contributed by atoms with Gasteiger partial charge in [0.05, 0.1) is 5.69 Å². The maximum atomic E-state index is 12.7. The fourth-order valence-corrected chi connectivity index (χ4v) is 3.31. The maximum Gasteiger partial charge on any atom is 0.254 e. The van der Waals surface area contributed by atoms with E-state index in [1.54, 1.807) is 6.07 Å². The standard InChI is InChI=1S/C20H22N4O2/c21-16-6-4-10-24(12-16)20(25)15-5-3-7-18(11-15)26-14-17-13-23-9-2-1-8-19(23)22-17/h1-3,5,7-9,11,13,16H,4,6,10,12,14,21H2. The summed E-state index contributed by atoms with van der Waals surface area (Å²) in [6.45, 7) is 1.73. The van der Waals surface area contributed by atoms with Crippen molar-refractivity contribution in [3.8, 4) is 5.75 Å². The van der Waals surface area contributed by atoms with E-state index in [4.69, 9.17) is 10.5 Å². The van der Waals surface area contributed by atoms with Gasteiger partial charge in [-0.15, -0.1) is 0 Å². The van der Waals surface area contributed by atoms with E-state index >= 15 is 0 Å². The Labute approximate surface area is 152 Å². The first-order valence-corrected chi connectivity index (χ1v) is 8.89. The number of carbonyl (C=O) groups excluding carboxylic acids is 1. The van der Waals surface area contributed by atoms with E-state index in [1.807, 2.05) is 58.1 Å². The second-order valence-corrected chi connectivity index (χ2v) is 6.67. The molecule has 2 aromatic heterocycles. The molecule has 1 atom stereocenters. The van der Waals surface area contributed by atoms with Gasteiger partial charge in [0.1, 0.15) is 18.0 Å². The first kappa shape index (κ1) is 16.6. The summed E-state index contributed by atoms with van der Waals surface area (Å²) < 4.78 is 7.81. The number of piperidine rings is 1. The third-order valence-corrected chi connectivity index (χ3v) is 4.63. The van der Waals surface area contributed by atoms with Gasteiger partial charge in [-0.3, -0.25) is 4.79 Å². The Kier molecular flexibility index (Phi) is 4.58. The molecule has 1 saturated heterocycles. The molecule has 0 spiro atoms. The van der Waals surface area contributed by atoms with Crippen molar-refractivity contribution in [3.05, 3.63) is 66.1 Å². The van der Waals surface area contributed by atoms with E-state index in [0.717, 1.165) is 30.7 Å². The number of benzene rings is 1.